The lowest BCUT2D eigenvalue weighted by Crippen LogP contribution is -2.02. The number of hydrogen-bond donors (Lipinski definition) is 0. The quantitative estimate of drug-likeness (QED) is 0.692. The third kappa shape index (κ3) is 1.90. The van der Waals surface area contributed by atoms with E-state index in [1.54, 1.807) is 13.1 Å². The first-order valence-electron chi connectivity index (χ1n) is 4.33. The van der Waals surface area contributed by atoms with E-state index in [1.165, 1.54) is 29.1 Å². The maximum atomic E-state index is 12.9. The lowest BCUT2D eigenvalue weighted by atomic mass is 10.1. The van der Waals surface area contributed by atoms with Crippen molar-refractivity contribution in [1.82, 2.24) is 15.0 Å². The first kappa shape index (κ1) is 9.51. The number of hydrogen-bond acceptors (Lipinski definition) is 3. The van der Waals surface area contributed by atoms with Crippen LogP contribution in [0.3, 0.4) is 0 Å². The molecule has 15 heavy (non-hydrogen) atoms. The van der Waals surface area contributed by atoms with Crippen molar-refractivity contribution in [2.75, 3.05) is 0 Å². The molecule has 1 aromatic carbocycles. The zero-order valence-corrected chi connectivity index (χ0v) is 8.01. The average Bonchev–Trinajstić information content (AvgIpc) is 2.64. The molecule has 0 fully saturated rings. The molecule has 1 heterocycles. The van der Waals surface area contributed by atoms with Crippen molar-refractivity contribution in [1.29, 1.82) is 0 Å². The number of halogens is 1. The second-order valence-corrected chi connectivity index (χ2v) is 3.12. The number of aryl methyl sites for hydroxylation is 1. The second-order valence-electron chi connectivity index (χ2n) is 3.12. The van der Waals surface area contributed by atoms with Crippen molar-refractivity contribution in [3.63, 3.8) is 0 Å². The van der Waals surface area contributed by atoms with Gasteiger partial charge in [0.25, 0.3) is 0 Å². The molecule has 0 bridgehead atoms. The SMILES string of the molecule is Cn1cc(C(=O)c2cccc(F)c2)nn1. The highest BCUT2D eigenvalue weighted by molar-refractivity contribution is 6.07. The van der Waals surface area contributed by atoms with Gasteiger partial charge in [0.05, 0.1) is 6.20 Å². The van der Waals surface area contributed by atoms with E-state index in [0.29, 0.717) is 0 Å². The summed E-state index contributed by atoms with van der Waals surface area (Å²) in [4.78, 5) is 11.7. The van der Waals surface area contributed by atoms with Gasteiger partial charge in [0, 0.05) is 12.6 Å². The molecular formula is C10H8FN3O. The molecule has 0 saturated heterocycles. The van der Waals surface area contributed by atoms with E-state index in [1.807, 2.05) is 0 Å². The zero-order valence-electron chi connectivity index (χ0n) is 8.01. The summed E-state index contributed by atoms with van der Waals surface area (Å²) in [6.07, 6.45) is 1.49. The van der Waals surface area contributed by atoms with Crippen molar-refractivity contribution >= 4 is 5.78 Å². The Hall–Kier alpha value is -2.04. The predicted octanol–water partition coefficient (Wildman–Crippen LogP) is 1.19. The van der Waals surface area contributed by atoms with Gasteiger partial charge in [0.2, 0.25) is 5.78 Å². The topological polar surface area (TPSA) is 47.8 Å². The van der Waals surface area contributed by atoms with E-state index in [9.17, 15) is 9.18 Å². The fourth-order valence-electron chi connectivity index (χ4n) is 1.23. The number of carbonyl (C=O) groups excluding carboxylic acids is 1. The van der Waals surface area contributed by atoms with Crippen LogP contribution < -0.4 is 0 Å². The Kier molecular flexibility index (Phi) is 2.29. The van der Waals surface area contributed by atoms with Gasteiger partial charge in [-0.1, -0.05) is 17.3 Å². The Labute approximate surface area is 85.3 Å². The van der Waals surface area contributed by atoms with Crippen LogP contribution in [-0.4, -0.2) is 20.8 Å². The van der Waals surface area contributed by atoms with E-state index in [2.05, 4.69) is 10.3 Å². The molecule has 0 spiro atoms. The van der Waals surface area contributed by atoms with Crippen LogP contribution in [0.25, 0.3) is 0 Å². The van der Waals surface area contributed by atoms with Gasteiger partial charge in [0.15, 0.2) is 5.69 Å². The second kappa shape index (κ2) is 3.61. The molecule has 4 nitrogen and oxygen atoms in total. The molecule has 0 radical (unpaired) electrons. The van der Waals surface area contributed by atoms with Crippen LogP contribution in [0.5, 0.6) is 0 Å². The normalized spacial score (nSPS) is 10.3. The number of rotatable bonds is 2. The molecule has 0 aliphatic heterocycles. The lowest BCUT2D eigenvalue weighted by molar-refractivity contribution is 0.103. The Morgan fingerprint density at radius 3 is 2.87 bits per heavy atom. The van der Waals surface area contributed by atoms with Gasteiger partial charge >= 0.3 is 0 Å². The number of aromatic nitrogens is 3. The van der Waals surface area contributed by atoms with E-state index >= 15 is 0 Å². The third-order valence-corrected chi connectivity index (χ3v) is 1.92. The van der Waals surface area contributed by atoms with E-state index in [4.69, 9.17) is 0 Å². The lowest BCUT2D eigenvalue weighted by Gasteiger charge is -1.96. The molecule has 0 aliphatic carbocycles. The van der Waals surface area contributed by atoms with Crippen LogP contribution in [0, 0.1) is 5.82 Å². The molecule has 0 aliphatic rings. The van der Waals surface area contributed by atoms with Crippen molar-refractivity contribution in [3.8, 4) is 0 Å². The van der Waals surface area contributed by atoms with Crippen LogP contribution in [0.15, 0.2) is 30.5 Å². The Morgan fingerprint density at radius 2 is 2.27 bits per heavy atom. The Morgan fingerprint density at radius 1 is 1.47 bits per heavy atom. The van der Waals surface area contributed by atoms with Gasteiger partial charge in [-0.2, -0.15) is 0 Å². The smallest absolute Gasteiger partial charge is 0.214 e. The van der Waals surface area contributed by atoms with Crippen LogP contribution in [0.2, 0.25) is 0 Å². The highest BCUT2D eigenvalue weighted by Gasteiger charge is 2.12. The van der Waals surface area contributed by atoms with Crippen LogP contribution in [0.1, 0.15) is 16.1 Å². The van der Waals surface area contributed by atoms with Gasteiger partial charge in [0.1, 0.15) is 5.82 Å². The van der Waals surface area contributed by atoms with Crippen molar-refractivity contribution in [2.45, 2.75) is 0 Å². The minimum Gasteiger partial charge on any atom is -0.287 e. The molecule has 1 aromatic heterocycles. The summed E-state index contributed by atoms with van der Waals surface area (Å²) >= 11 is 0. The summed E-state index contributed by atoms with van der Waals surface area (Å²) in [7, 11) is 1.66. The summed E-state index contributed by atoms with van der Waals surface area (Å²) in [6.45, 7) is 0. The third-order valence-electron chi connectivity index (χ3n) is 1.92. The first-order chi connectivity index (χ1) is 7.16. The number of benzene rings is 1. The molecule has 2 aromatic rings. The summed E-state index contributed by atoms with van der Waals surface area (Å²) < 4.78 is 14.3. The van der Waals surface area contributed by atoms with Gasteiger partial charge in [-0.3, -0.25) is 9.48 Å². The van der Waals surface area contributed by atoms with Crippen molar-refractivity contribution in [2.24, 2.45) is 7.05 Å². The largest absolute Gasteiger partial charge is 0.287 e. The summed E-state index contributed by atoms with van der Waals surface area (Å²) in [6, 6.07) is 5.49. The molecule has 0 saturated carbocycles. The summed E-state index contributed by atoms with van der Waals surface area (Å²) in [5.74, 6) is -0.771. The van der Waals surface area contributed by atoms with Gasteiger partial charge in [-0.15, -0.1) is 5.10 Å². The average molecular weight is 205 g/mol. The van der Waals surface area contributed by atoms with Gasteiger partial charge in [-0.05, 0) is 12.1 Å². The van der Waals surface area contributed by atoms with E-state index in [0.717, 1.165) is 0 Å². The summed E-state index contributed by atoms with van der Waals surface area (Å²) in [5, 5.41) is 7.30. The minimum absolute atomic E-state index is 0.211. The standard InChI is InChI=1S/C10H8FN3O/c1-14-6-9(12-13-14)10(15)7-3-2-4-8(11)5-7/h2-6H,1H3. The molecule has 0 atom stereocenters. The maximum Gasteiger partial charge on any atom is 0.214 e. The zero-order chi connectivity index (χ0) is 10.8. The molecule has 0 amide bonds. The monoisotopic (exact) mass is 205 g/mol. The van der Waals surface area contributed by atoms with Crippen molar-refractivity contribution < 1.29 is 9.18 Å². The molecule has 0 unspecified atom stereocenters. The molecule has 76 valence electrons. The van der Waals surface area contributed by atoms with Gasteiger partial charge in [-0.25, -0.2) is 4.39 Å². The molecule has 5 heteroatoms. The number of ketones is 1. The highest BCUT2D eigenvalue weighted by Crippen LogP contribution is 2.08. The van der Waals surface area contributed by atoms with E-state index < -0.39 is 5.82 Å². The molecule has 2 rings (SSSR count). The maximum absolute atomic E-state index is 12.9. The molecular weight excluding hydrogens is 197 g/mol. The summed E-state index contributed by atoms with van der Waals surface area (Å²) in [5.41, 5.74) is 0.485. The van der Waals surface area contributed by atoms with Crippen molar-refractivity contribution in [3.05, 3.63) is 47.5 Å². The Balaban J connectivity index is 2.36. The number of carbonyl (C=O) groups is 1. The van der Waals surface area contributed by atoms with Crippen LogP contribution in [-0.2, 0) is 7.05 Å². The van der Waals surface area contributed by atoms with Crippen LogP contribution >= 0.6 is 0 Å². The fraction of sp³-hybridized carbons (Fsp3) is 0.100. The Bertz CT molecular complexity index is 507. The number of nitrogens with zero attached hydrogens (tertiary/aromatic N) is 3. The molecule has 0 N–H and O–H groups in total. The predicted molar refractivity (Wildman–Crippen MR) is 50.8 cm³/mol. The van der Waals surface area contributed by atoms with Gasteiger partial charge < -0.3 is 0 Å². The minimum atomic E-state index is -0.440. The fourth-order valence-corrected chi connectivity index (χ4v) is 1.23. The van der Waals surface area contributed by atoms with E-state index in [-0.39, 0.29) is 17.0 Å². The van der Waals surface area contributed by atoms with Crippen LogP contribution in [0.4, 0.5) is 4.39 Å². The highest BCUT2D eigenvalue weighted by atomic mass is 19.1. The first-order valence-corrected chi connectivity index (χ1v) is 4.33.